The standard InChI is InChI=1S/C17H21N5O2/c1-5-6-7-22-13-9-12(21(3)4)10(2)8-11(13)18-14-15(22)19-17(24)20-16(14)23/h8-9H,5-7H2,1-4H3,(H,20,23,24). The Hall–Kier alpha value is -2.70. The second kappa shape index (κ2) is 6.07. The summed E-state index contributed by atoms with van der Waals surface area (Å²) in [6.07, 6.45) is 1.92. The molecule has 1 N–H and O–H groups in total. The van der Waals surface area contributed by atoms with Crippen LogP contribution in [0, 0.1) is 6.92 Å². The lowest BCUT2D eigenvalue weighted by Gasteiger charge is -2.20. The number of nitrogens with zero attached hydrogens (tertiary/aromatic N) is 4. The van der Waals surface area contributed by atoms with Crippen LogP contribution in [0.2, 0.25) is 0 Å². The van der Waals surface area contributed by atoms with Gasteiger partial charge >= 0.3 is 5.69 Å². The topological polar surface area (TPSA) is 83.9 Å². The van der Waals surface area contributed by atoms with Gasteiger partial charge in [-0.15, -0.1) is 0 Å². The average molecular weight is 327 g/mol. The van der Waals surface area contributed by atoms with Crippen molar-refractivity contribution in [2.45, 2.75) is 33.2 Å². The minimum Gasteiger partial charge on any atom is -0.377 e. The molecule has 0 fully saturated rings. The minimum absolute atomic E-state index is 0.204. The summed E-state index contributed by atoms with van der Waals surface area (Å²) in [5.41, 5.74) is 2.82. The monoisotopic (exact) mass is 327 g/mol. The van der Waals surface area contributed by atoms with Crippen LogP contribution < -0.4 is 16.1 Å². The number of hydrogen-bond acceptors (Lipinski definition) is 5. The quantitative estimate of drug-likeness (QED) is 0.738. The van der Waals surface area contributed by atoms with E-state index < -0.39 is 11.2 Å². The molecule has 2 aliphatic heterocycles. The van der Waals surface area contributed by atoms with E-state index in [1.807, 2.05) is 42.6 Å². The maximum absolute atomic E-state index is 12.1. The number of unbranched alkanes of at least 4 members (excludes halogenated alkanes) is 1. The zero-order valence-corrected chi connectivity index (χ0v) is 14.4. The Bertz CT molecular complexity index is 987. The molecule has 24 heavy (non-hydrogen) atoms. The number of aromatic nitrogens is 4. The Morgan fingerprint density at radius 1 is 1.21 bits per heavy atom. The SMILES string of the molecule is CCCCn1c2nc(=O)[nH]c(=O)c-2nc2cc(C)c(N(C)C)cc21. The van der Waals surface area contributed by atoms with E-state index >= 15 is 0 Å². The molecule has 0 radical (unpaired) electrons. The highest BCUT2D eigenvalue weighted by atomic mass is 16.2. The number of nitrogens with one attached hydrogen (secondary N) is 1. The fraction of sp³-hybridized carbons (Fsp3) is 0.412. The van der Waals surface area contributed by atoms with Gasteiger partial charge in [0.05, 0.1) is 11.0 Å². The van der Waals surface area contributed by atoms with Gasteiger partial charge in [-0.1, -0.05) is 13.3 Å². The smallest absolute Gasteiger partial charge is 0.349 e. The number of aromatic amines is 1. The van der Waals surface area contributed by atoms with Crippen LogP contribution in [0.15, 0.2) is 21.7 Å². The number of fused-ring (bicyclic) bond motifs is 2. The first kappa shape index (κ1) is 16.2. The highest BCUT2D eigenvalue weighted by Gasteiger charge is 2.19. The van der Waals surface area contributed by atoms with E-state index in [0.29, 0.717) is 12.4 Å². The Kier molecular flexibility index (Phi) is 4.09. The van der Waals surface area contributed by atoms with E-state index in [4.69, 9.17) is 0 Å². The summed E-state index contributed by atoms with van der Waals surface area (Å²) in [4.78, 5) is 36.5. The highest BCUT2D eigenvalue weighted by molar-refractivity contribution is 5.84. The molecule has 0 unspecified atom stereocenters. The van der Waals surface area contributed by atoms with Gasteiger partial charge in [0.25, 0.3) is 5.56 Å². The fourth-order valence-electron chi connectivity index (χ4n) is 2.96. The molecule has 7 heteroatoms. The first-order valence-electron chi connectivity index (χ1n) is 8.05. The van der Waals surface area contributed by atoms with Crippen LogP contribution in [0.3, 0.4) is 0 Å². The number of benzene rings is 1. The van der Waals surface area contributed by atoms with Crippen molar-refractivity contribution in [1.29, 1.82) is 0 Å². The van der Waals surface area contributed by atoms with Crippen LogP contribution in [0.1, 0.15) is 25.3 Å². The third-order valence-corrected chi connectivity index (χ3v) is 4.14. The van der Waals surface area contributed by atoms with E-state index in [0.717, 1.165) is 35.1 Å². The molecule has 2 aliphatic rings. The number of rotatable bonds is 4. The molecule has 0 aliphatic carbocycles. The number of H-pyrrole nitrogens is 1. The molecule has 126 valence electrons. The lowest BCUT2D eigenvalue weighted by Crippen LogP contribution is -2.29. The van der Waals surface area contributed by atoms with E-state index in [1.165, 1.54) is 0 Å². The van der Waals surface area contributed by atoms with E-state index in [-0.39, 0.29) is 5.69 Å². The van der Waals surface area contributed by atoms with Crippen molar-refractivity contribution >= 4 is 16.7 Å². The molecule has 0 saturated heterocycles. The van der Waals surface area contributed by atoms with Crippen LogP contribution in [0.25, 0.3) is 22.6 Å². The van der Waals surface area contributed by atoms with Crippen molar-refractivity contribution in [3.63, 3.8) is 0 Å². The molecule has 7 nitrogen and oxygen atoms in total. The van der Waals surface area contributed by atoms with Crippen molar-refractivity contribution in [2.24, 2.45) is 0 Å². The predicted molar refractivity (Wildman–Crippen MR) is 95.0 cm³/mol. The van der Waals surface area contributed by atoms with Gasteiger partial charge in [-0.3, -0.25) is 9.78 Å². The van der Waals surface area contributed by atoms with Crippen LogP contribution in [-0.2, 0) is 6.54 Å². The Labute approximate surface area is 139 Å². The molecule has 0 aromatic heterocycles. The Balaban J connectivity index is 2.45. The van der Waals surface area contributed by atoms with Gasteiger partial charge in [0.15, 0.2) is 11.5 Å². The van der Waals surface area contributed by atoms with E-state index in [9.17, 15) is 9.59 Å². The number of aryl methyl sites for hydroxylation is 2. The average Bonchev–Trinajstić information content (AvgIpc) is 2.51. The summed E-state index contributed by atoms with van der Waals surface area (Å²) in [5.74, 6) is 0.346. The molecule has 0 spiro atoms. The zero-order chi connectivity index (χ0) is 17.4. The second-order valence-electron chi connectivity index (χ2n) is 6.18. The predicted octanol–water partition coefficient (Wildman–Crippen LogP) is 1.76. The Morgan fingerprint density at radius 2 is 1.96 bits per heavy atom. The van der Waals surface area contributed by atoms with Crippen LogP contribution >= 0.6 is 0 Å². The molecular weight excluding hydrogens is 306 g/mol. The molecule has 0 amide bonds. The maximum atomic E-state index is 12.1. The van der Waals surface area contributed by atoms with E-state index in [2.05, 4.69) is 21.9 Å². The summed E-state index contributed by atoms with van der Waals surface area (Å²) in [6, 6.07) is 4.01. The first-order chi connectivity index (χ1) is 11.4. The minimum atomic E-state index is -0.640. The maximum Gasteiger partial charge on any atom is 0.349 e. The second-order valence-corrected chi connectivity index (χ2v) is 6.18. The molecule has 1 aromatic rings. The van der Waals surface area contributed by atoms with Crippen LogP contribution in [-0.4, -0.2) is 33.6 Å². The Morgan fingerprint density at radius 3 is 2.62 bits per heavy atom. The van der Waals surface area contributed by atoms with Crippen molar-refractivity contribution in [3.8, 4) is 11.5 Å². The summed E-state index contributed by atoms with van der Waals surface area (Å²) in [5, 5.41) is 0. The summed E-state index contributed by atoms with van der Waals surface area (Å²) < 4.78 is 1.93. The molecule has 3 rings (SSSR count). The number of hydrogen-bond donors (Lipinski definition) is 1. The van der Waals surface area contributed by atoms with Gasteiger partial charge in [-0.25, -0.2) is 9.78 Å². The van der Waals surface area contributed by atoms with Gasteiger partial charge in [-0.05, 0) is 31.0 Å². The summed E-state index contributed by atoms with van der Waals surface area (Å²) in [7, 11) is 3.97. The van der Waals surface area contributed by atoms with Crippen molar-refractivity contribution < 1.29 is 0 Å². The largest absolute Gasteiger partial charge is 0.377 e. The molecular formula is C17H21N5O2. The summed E-state index contributed by atoms with van der Waals surface area (Å²) >= 11 is 0. The molecule has 2 heterocycles. The lowest BCUT2D eigenvalue weighted by atomic mass is 10.1. The van der Waals surface area contributed by atoms with Crippen molar-refractivity contribution in [3.05, 3.63) is 38.5 Å². The van der Waals surface area contributed by atoms with Gasteiger partial charge in [0, 0.05) is 26.3 Å². The molecule has 1 aromatic carbocycles. The first-order valence-corrected chi connectivity index (χ1v) is 8.05. The van der Waals surface area contributed by atoms with Crippen LogP contribution in [0.4, 0.5) is 5.69 Å². The van der Waals surface area contributed by atoms with Gasteiger partial charge in [0.2, 0.25) is 0 Å². The lowest BCUT2D eigenvalue weighted by molar-refractivity contribution is 0.638. The van der Waals surface area contributed by atoms with Crippen molar-refractivity contribution in [1.82, 2.24) is 19.5 Å². The van der Waals surface area contributed by atoms with E-state index in [1.54, 1.807) is 0 Å². The normalized spacial score (nSPS) is 11.3. The van der Waals surface area contributed by atoms with Gasteiger partial charge in [0.1, 0.15) is 0 Å². The van der Waals surface area contributed by atoms with Crippen LogP contribution in [0.5, 0.6) is 0 Å². The third-order valence-electron chi connectivity index (χ3n) is 4.14. The highest BCUT2D eigenvalue weighted by Crippen LogP contribution is 2.28. The summed E-state index contributed by atoms with van der Waals surface area (Å²) in [6.45, 7) is 4.79. The fourth-order valence-corrected chi connectivity index (χ4v) is 2.96. The van der Waals surface area contributed by atoms with Crippen molar-refractivity contribution in [2.75, 3.05) is 19.0 Å². The molecule has 0 bridgehead atoms. The zero-order valence-electron chi connectivity index (χ0n) is 14.4. The van der Waals surface area contributed by atoms with Gasteiger partial charge in [-0.2, -0.15) is 4.98 Å². The molecule has 0 atom stereocenters. The third kappa shape index (κ3) is 2.66. The van der Waals surface area contributed by atoms with Gasteiger partial charge < -0.3 is 9.47 Å². The molecule has 0 saturated carbocycles. The number of anilines is 1.